The van der Waals surface area contributed by atoms with Crippen molar-refractivity contribution < 1.29 is 4.74 Å². The summed E-state index contributed by atoms with van der Waals surface area (Å²) >= 11 is 0. The maximum absolute atomic E-state index is 5.88. The number of ether oxygens (including phenoxy) is 1. The summed E-state index contributed by atoms with van der Waals surface area (Å²) in [6, 6.07) is 2.79. The molecule has 1 aromatic heterocycles. The minimum Gasteiger partial charge on any atom is -0.374 e. The van der Waals surface area contributed by atoms with E-state index in [4.69, 9.17) is 9.72 Å². The Bertz CT molecular complexity index is 449. The number of morpholine rings is 1. The van der Waals surface area contributed by atoms with Gasteiger partial charge in [0.1, 0.15) is 5.82 Å². The van der Waals surface area contributed by atoms with Gasteiger partial charge in [-0.15, -0.1) is 0 Å². The van der Waals surface area contributed by atoms with Crippen molar-refractivity contribution in [3.05, 3.63) is 23.4 Å². The second kappa shape index (κ2) is 5.47. The molecule has 2 atom stereocenters. The van der Waals surface area contributed by atoms with Gasteiger partial charge in [0.25, 0.3) is 0 Å². The van der Waals surface area contributed by atoms with E-state index in [9.17, 15) is 0 Å². The molecule has 1 saturated carbocycles. The Morgan fingerprint density at radius 1 is 1.47 bits per heavy atom. The first-order chi connectivity index (χ1) is 9.29. The molecule has 4 nitrogen and oxygen atoms in total. The summed E-state index contributed by atoms with van der Waals surface area (Å²) in [6.07, 6.45) is 6.15. The van der Waals surface area contributed by atoms with E-state index in [-0.39, 0.29) is 0 Å². The summed E-state index contributed by atoms with van der Waals surface area (Å²) in [5, 5.41) is 3.17. The van der Waals surface area contributed by atoms with Crippen molar-refractivity contribution in [3.63, 3.8) is 0 Å². The van der Waals surface area contributed by atoms with Crippen LogP contribution in [0.3, 0.4) is 0 Å². The van der Waals surface area contributed by atoms with Crippen molar-refractivity contribution in [2.24, 2.45) is 0 Å². The number of fused-ring (bicyclic) bond motifs is 1. The molecule has 2 aliphatic rings. The summed E-state index contributed by atoms with van der Waals surface area (Å²) in [7, 11) is 1.97. The Labute approximate surface area is 115 Å². The lowest BCUT2D eigenvalue weighted by Crippen LogP contribution is -2.49. The van der Waals surface area contributed by atoms with E-state index < -0.39 is 0 Å². The summed E-state index contributed by atoms with van der Waals surface area (Å²) in [6.45, 7) is 4.85. The highest BCUT2D eigenvalue weighted by Crippen LogP contribution is 2.33. The largest absolute Gasteiger partial charge is 0.374 e. The molecule has 0 aromatic carbocycles. The Balaban J connectivity index is 1.84. The minimum atomic E-state index is 0.423. The van der Waals surface area contributed by atoms with Crippen LogP contribution in [0, 0.1) is 6.92 Å². The van der Waals surface area contributed by atoms with E-state index in [0.717, 1.165) is 25.5 Å². The predicted octanol–water partition coefficient (Wildman–Crippen LogP) is 1.87. The van der Waals surface area contributed by atoms with E-state index in [0.29, 0.717) is 12.1 Å². The highest BCUT2D eigenvalue weighted by atomic mass is 16.5. The average molecular weight is 261 g/mol. The van der Waals surface area contributed by atoms with E-state index in [1.165, 1.54) is 30.4 Å². The lowest BCUT2D eigenvalue weighted by molar-refractivity contribution is 0.0253. The van der Waals surface area contributed by atoms with Crippen molar-refractivity contribution in [3.8, 4) is 0 Å². The molecule has 0 amide bonds. The number of aromatic nitrogens is 1. The topological polar surface area (TPSA) is 37.4 Å². The van der Waals surface area contributed by atoms with Gasteiger partial charge >= 0.3 is 0 Å². The van der Waals surface area contributed by atoms with E-state index >= 15 is 0 Å². The third-order valence-corrected chi connectivity index (χ3v) is 4.24. The third-order valence-electron chi connectivity index (χ3n) is 4.24. The van der Waals surface area contributed by atoms with Gasteiger partial charge in [0, 0.05) is 19.3 Å². The zero-order valence-electron chi connectivity index (χ0n) is 11.9. The minimum absolute atomic E-state index is 0.423. The Morgan fingerprint density at radius 2 is 2.37 bits per heavy atom. The van der Waals surface area contributed by atoms with Crippen molar-refractivity contribution in [1.29, 1.82) is 0 Å². The molecule has 2 heterocycles. The number of pyridine rings is 1. The number of aryl methyl sites for hydroxylation is 1. The SMILES string of the molecule is CNCc1cnc(N2CCOC3CCCC32)c(C)c1. The molecule has 0 radical (unpaired) electrons. The highest BCUT2D eigenvalue weighted by molar-refractivity contribution is 5.49. The number of rotatable bonds is 3. The molecule has 1 aliphatic heterocycles. The first-order valence-electron chi connectivity index (χ1n) is 7.28. The van der Waals surface area contributed by atoms with E-state index in [1.807, 2.05) is 13.2 Å². The van der Waals surface area contributed by atoms with Crippen LogP contribution in [0.5, 0.6) is 0 Å². The maximum Gasteiger partial charge on any atom is 0.131 e. The van der Waals surface area contributed by atoms with Crippen molar-refractivity contribution in [1.82, 2.24) is 10.3 Å². The number of nitrogens with one attached hydrogen (secondary N) is 1. The second-order valence-electron chi connectivity index (χ2n) is 5.62. The van der Waals surface area contributed by atoms with Crippen LogP contribution in [0.25, 0.3) is 0 Å². The number of nitrogens with zero attached hydrogens (tertiary/aromatic N) is 2. The maximum atomic E-state index is 5.88. The number of anilines is 1. The molecule has 1 aliphatic carbocycles. The van der Waals surface area contributed by atoms with Crippen molar-refractivity contribution in [2.75, 3.05) is 25.1 Å². The van der Waals surface area contributed by atoms with Gasteiger partial charge in [0.05, 0.1) is 18.8 Å². The number of hydrogen-bond acceptors (Lipinski definition) is 4. The van der Waals surface area contributed by atoms with Gasteiger partial charge < -0.3 is 15.0 Å². The van der Waals surface area contributed by atoms with E-state index in [1.54, 1.807) is 0 Å². The lowest BCUT2D eigenvalue weighted by Gasteiger charge is -2.39. The van der Waals surface area contributed by atoms with Crippen molar-refractivity contribution in [2.45, 2.75) is 44.9 Å². The fourth-order valence-corrected chi connectivity index (χ4v) is 3.42. The molecular formula is C15H23N3O. The van der Waals surface area contributed by atoms with Crippen molar-refractivity contribution >= 4 is 5.82 Å². The van der Waals surface area contributed by atoms with Crippen LogP contribution in [0.4, 0.5) is 5.82 Å². The van der Waals surface area contributed by atoms with Crippen LogP contribution in [-0.2, 0) is 11.3 Å². The van der Waals surface area contributed by atoms with Gasteiger partial charge in [0.2, 0.25) is 0 Å². The van der Waals surface area contributed by atoms with Crippen LogP contribution < -0.4 is 10.2 Å². The average Bonchev–Trinajstić information content (AvgIpc) is 2.88. The Kier molecular flexibility index (Phi) is 3.71. The molecular weight excluding hydrogens is 238 g/mol. The first-order valence-corrected chi connectivity index (χ1v) is 7.28. The predicted molar refractivity (Wildman–Crippen MR) is 76.5 cm³/mol. The van der Waals surface area contributed by atoms with Crippen LogP contribution >= 0.6 is 0 Å². The van der Waals surface area contributed by atoms with Gasteiger partial charge in [-0.3, -0.25) is 0 Å². The molecule has 1 saturated heterocycles. The normalized spacial score (nSPS) is 26.5. The first kappa shape index (κ1) is 12.9. The molecule has 1 N–H and O–H groups in total. The molecule has 2 fully saturated rings. The quantitative estimate of drug-likeness (QED) is 0.901. The molecule has 4 heteroatoms. The molecule has 19 heavy (non-hydrogen) atoms. The van der Waals surface area contributed by atoms with Crippen LogP contribution in [-0.4, -0.2) is 37.3 Å². The third kappa shape index (κ3) is 2.47. The van der Waals surface area contributed by atoms with Gasteiger partial charge in [-0.1, -0.05) is 0 Å². The summed E-state index contributed by atoms with van der Waals surface area (Å²) in [5.41, 5.74) is 2.53. The zero-order valence-corrected chi connectivity index (χ0v) is 11.9. The van der Waals surface area contributed by atoms with Crippen LogP contribution in [0.15, 0.2) is 12.3 Å². The smallest absolute Gasteiger partial charge is 0.131 e. The van der Waals surface area contributed by atoms with Gasteiger partial charge in [0.15, 0.2) is 0 Å². The summed E-state index contributed by atoms with van der Waals surface area (Å²) in [5.74, 6) is 1.15. The van der Waals surface area contributed by atoms with Gasteiger partial charge in [-0.2, -0.15) is 0 Å². The standard InChI is InChI=1S/C15H23N3O/c1-11-8-12(9-16-2)10-17-15(11)18-6-7-19-14-5-3-4-13(14)18/h8,10,13-14,16H,3-7,9H2,1-2H3. The Hall–Kier alpha value is -1.13. The zero-order chi connectivity index (χ0) is 13.2. The molecule has 104 valence electrons. The molecule has 3 rings (SSSR count). The van der Waals surface area contributed by atoms with E-state index in [2.05, 4.69) is 23.2 Å². The highest BCUT2D eigenvalue weighted by Gasteiger charge is 2.37. The molecule has 1 aromatic rings. The number of hydrogen-bond donors (Lipinski definition) is 1. The van der Waals surface area contributed by atoms with Gasteiger partial charge in [-0.25, -0.2) is 4.98 Å². The summed E-state index contributed by atoms with van der Waals surface area (Å²) in [4.78, 5) is 7.18. The second-order valence-corrected chi connectivity index (χ2v) is 5.62. The van der Waals surface area contributed by atoms with Crippen LogP contribution in [0.1, 0.15) is 30.4 Å². The van der Waals surface area contributed by atoms with Gasteiger partial charge in [-0.05, 0) is 50.4 Å². The Morgan fingerprint density at radius 3 is 3.16 bits per heavy atom. The fraction of sp³-hybridized carbons (Fsp3) is 0.667. The summed E-state index contributed by atoms with van der Waals surface area (Å²) < 4.78 is 5.88. The lowest BCUT2D eigenvalue weighted by atomic mass is 10.1. The molecule has 2 unspecified atom stereocenters. The molecule has 0 spiro atoms. The monoisotopic (exact) mass is 261 g/mol. The molecule has 0 bridgehead atoms. The van der Waals surface area contributed by atoms with Crippen LogP contribution in [0.2, 0.25) is 0 Å². The fourth-order valence-electron chi connectivity index (χ4n) is 3.42.